The van der Waals surface area contributed by atoms with Crippen LogP contribution < -0.4 is 15.4 Å². The van der Waals surface area contributed by atoms with Crippen molar-refractivity contribution in [1.29, 1.82) is 5.41 Å². The van der Waals surface area contributed by atoms with Crippen molar-refractivity contribution in [3.05, 3.63) is 100 Å². The van der Waals surface area contributed by atoms with Gasteiger partial charge in [0.2, 0.25) is 0 Å². The first-order valence-corrected chi connectivity index (χ1v) is 13.8. The second kappa shape index (κ2) is 13.6. The van der Waals surface area contributed by atoms with Crippen LogP contribution in [0.25, 0.3) is 6.08 Å². The summed E-state index contributed by atoms with van der Waals surface area (Å²) in [6.45, 7) is 1.10. The Bertz CT molecular complexity index is 1650. The number of nitrogen functional groups attached to an aromatic ring is 1. The number of piperidine rings is 1. The smallest absolute Gasteiger partial charge is 0.420 e. The number of nitrogens with two attached hydrogens (primary N) is 1. The van der Waals surface area contributed by atoms with E-state index in [1.165, 1.54) is 12.1 Å². The molecule has 3 aromatic rings. The molecule has 1 amide bonds. The lowest BCUT2D eigenvalue weighted by Gasteiger charge is -2.30. The zero-order valence-electron chi connectivity index (χ0n) is 24.2. The Labute approximate surface area is 256 Å². The zero-order valence-corrected chi connectivity index (χ0v) is 24.2. The van der Waals surface area contributed by atoms with Crippen molar-refractivity contribution in [2.45, 2.75) is 25.1 Å². The molecular weight excluding hydrogens is 593 g/mol. The number of halogens is 3. The molecule has 3 aromatic carbocycles. The van der Waals surface area contributed by atoms with Crippen molar-refractivity contribution in [2.24, 2.45) is 5.73 Å². The standard InChI is InChI=1S/C32H31F3N4O6/c1-38-14-11-23(12-15-38)45-27-10-8-22(18-26(27)32(33,34)35)39(13-3-5-19-4-2-6-20(16-19)28(36)37)29(40)21-7-9-24(30(41)42)25(17-21)31(43)44/h2-10,16-18,23H,11-15H2,1H3,(H3,36,37)(H,41,42)(H,43,44). The maximum Gasteiger partial charge on any atom is 0.420 e. The molecule has 0 atom stereocenters. The number of carboxylic acids is 2. The maximum atomic E-state index is 14.3. The quantitative estimate of drug-likeness (QED) is 0.177. The summed E-state index contributed by atoms with van der Waals surface area (Å²) in [7, 11) is 1.92. The highest BCUT2D eigenvalue weighted by atomic mass is 19.4. The lowest BCUT2D eigenvalue weighted by atomic mass is 10.0. The van der Waals surface area contributed by atoms with Crippen LogP contribution in [0.4, 0.5) is 18.9 Å². The van der Waals surface area contributed by atoms with E-state index in [9.17, 15) is 37.8 Å². The van der Waals surface area contributed by atoms with Crippen LogP contribution in [0.15, 0.2) is 66.7 Å². The first-order chi connectivity index (χ1) is 21.2. The van der Waals surface area contributed by atoms with Crippen molar-refractivity contribution >= 4 is 35.4 Å². The molecular formula is C32H31F3N4O6. The van der Waals surface area contributed by atoms with Gasteiger partial charge in [-0.1, -0.05) is 30.4 Å². The van der Waals surface area contributed by atoms with Crippen LogP contribution in [0.2, 0.25) is 0 Å². The van der Waals surface area contributed by atoms with Gasteiger partial charge in [0.25, 0.3) is 5.91 Å². The average molecular weight is 625 g/mol. The van der Waals surface area contributed by atoms with Gasteiger partial charge in [-0.05, 0) is 67.9 Å². The van der Waals surface area contributed by atoms with Crippen LogP contribution in [0.3, 0.4) is 0 Å². The number of amides is 1. The monoisotopic (exact) mass is 624 g/mol. The summed E-state index contributed by atoms with van der Waals surface area (Å²) < 4.78 is 48.7. The molecule has 0 aliphatic carbocycles. The minimum absolute atomic E-state index is 0.149. The highest BCUT2D eigenvalue weighted by molar-refractivity contribution is 6.09. The van der Waals surface area contributed by atoms with Crippen LogP contribution in [-0.2, 0) is 6.18 Å². The second-order valence-electron chi connectivity index (χ2n) is 10.5. The number of benzene rings is 3. The molecule has 0 bridgehead atoms. The third kappa shape index (κ3) is 8.06. The van der Waals surface area contributed by atoms with Gasteiger partial charge in [-0.3, -0.25) is 10.2 Å². The van der Waals surface area contributed by atoms with Gasteiger partial charge in [0, 0.05) is 36.4 Å². The fourth-order valence-corrected chi connectivity index (χ4v) is 4.90. The molecule has 1 heterocycles. The largest absolute Gasteiger partial charge is 0.490 e. The summed E-state index contributed by atoms with van der Waals surface area (Å²) in [5, 5.41) is 26.5. The first-order valence-electron chi connectivity index (χ1n) is 13.8. The van der Waals surface area contributed by atoms with Gasteiger partial charge in [0.1, 0.15) is 17.7 Å². The van der Waals surface area contributed by atoms with Gasteiger partial charge in [-0.25, -0.2) is 9.59 Å². The normalized spacial score (nSPS) is 14.3. The molecule has 1 aliphatic heterocycles. The first kappa shape index (κ1) is 32.7. The lowest BCUT2D eigenvalue weighted by Crippen LogP contribution is -2.36. The summed E-state index contributed by atoms with van der Waals surface area (Å²) in [5.74, 6) is -4.51. The summed E-state index contributed by atoms with van der Waals surface area (Å²) in [4.78, 5) is 40.1. The number of hydrogen-bond donors (Lipinski definition) is 4. The molecule has 13 heteroatoms. The van der Waals surface area contributed by atoms with Crippen LogP contribution >= 0.6 is 0 Å². The molecule has 0 saturated carbocycles. The van der Waals surface area contributed by atoms with E-state index in [1.54, 1.807) is 30.3 Å². The van der Waals surface area contributed by atoms with Crippen LogP contribution in [0.5, 0.6) is 5.75 Å². The number of anilines is 1. The van der Waals surface area contributed by atoms with E-state index in [4.69, 9.17) is 15.9 Å². The SMILES string of the molecule is CN1CCC(Oc2ccc(N(CC=Cc3cccc(C(=N)N)c3)C(=O)c3ccc(C(=O)O)c(C(=O)O)c3)cc2C(F)(F)F)CC1. The number of carbonyl (C=O) groups is 3. The third-order valence-corrected chi connectivity index (χ3v) is 7.31. The molecule has 0 radical (unpaired) electrons. The molecule has 1 fully saturated rings. The van der Waals surface area contributed by atoms with E-state index in [2.05, 4.69) is 4.90 Å². The van der Waals surface area contributed by atoms with Crippen LogP contribution in [0.1, 0.15) is 60.6 Å². The number of amidine groups is 1. The Kier molecular flexibility index (Phi) is 9.92. The highest BCUT2D eigenvalue weighted by Crippen LogP contribution is 2.40. The molecule has 5 N–H and O–H groups in total. The zero-order chi connectivity index (χ0) is 32.9. The second-order valence-corrected chi connectivity index (χ2v) is 10.5. The molecule has 4 rings (SSSR count). The fourth-order valence-electron chi connectivity index (χ4n) is 4.90. The Morgan fingerprint density at radius 2 is 1.69 bits per heavy atom. The summed E-state index contributed by atoms with van der Waals surface area (Å²) in [6.07, 6.45) is -1.04. The number of carboxylic acid groups (broad SMARTS) is 2. The minimum atomic E-state index is -4.83. The van der Waals surface area contributed by atoms with Gasteiger partial charge < -0.3 is 30.5 Å². The maximum absolute atomic E-state index is 14.3. The van der Waals surface area contributed by atoms with Crippen molar-refractivity contribution in [2.75, 3.05) is 31.6 Å². The molecule has 45 heavy (non-hydrogen) atoms. The minimum Gasteiger partial charge on any atom is -0.490 e. The molecule has 236 valence electrons. The summed E-state index contributed by atoms with van der Waals surface area (Å²) in [6, 6.07) is 12.8. The van der Waals surface area contributed by atoms with Gasteiger partial charge >= 0.3 is 18.1 Å². The van der Waals surface area contributed by atoms with Crippen molar-refractivity contribution in [3.8, 4) is 5.75 Å². The molecule has 10 nitrogen and oxygen atoms in total. The molecule has 0 aromatic heterocycles. The average Bonchev–Trinajstić information content (AvgIpc) is 2.99. The van der Waals surface area contributed by atoms with E-state index in [1.807, 2.05) is 7.05 Å². The molecule has 0 unspecified atom stereocenters. The van der Waals surface area contributed by atoms with E-state index < -0.39 is 46.8 Å². The lowest BCUT2D eigenvalue weighted by molar-refractivity contribution is -0.139. The van der Waals surface area contributed by atoms with Gasteiger partial charge in [-0.15, -0.1) is 0 Å². The number of aromatic carboxylic acids is 2. The Morgan fingerprint density at radius 1 is 1.00 bits per heavy atom. The Morgan fingerprint density at radius 3 is 2.31 bits per heavy atom. The number of hydrogen-bond acceptors (Lipinski definition) is 6. The van der Waals surface area contributed by atoms with Gasteiger partial charge in [-0.2, -0.15) is 13.2 Å². The molecule has 0 spiro atoms. The number of nitrogens with zero attached hydrogens (tertiary/aromatic N) is 2. The van der Waals surface area contributed by atoms with E-state index in [0.717, 1.165) is 35.2 Å². The highest BCUT2D eigenvalue weighted by Gasteiger charge is 2.36. The number of nitrogens with one attached hydrogen (secondary N) is 1. The van der Waals surface area contributed by atoms with E-state index in [0.29, 0.717) is 37.1 Å². The van der Waals surface area contributed by atoms with Crippen LogP contribution in [-0.4, -0.2) is 71.6 Å². The summed E-state index contributed by atoms with van der Waals surface area (Å²) in [5.41, 5.74) is 3.92. The van der Waals surface area contributed by atoms with E-state index in [-0.39, 0.29) is 29.4 Å². The third-order valence-electron chi connectivity index (χ3n) is 7.31. The van der Waals surface area contributed by atoms with Gasteiger partial charge in [0.15, 0.2) is 0 Å². The Hall–Kier alpha value is -5.17. The van der Waals surface area contributed by atoms with Crippen molar-refractivity contribution in [3.63, 3.8) is 0 Å². The number of likely N-dealkylation sites (tertiary alicyclic amines) is 1. The molecule has 1 saturated heterocycles. The van der Waals surface area contributed by atoms with Crippen LogP contribution in [0, 0.1) is 5.41 Å². The topological polar surface area (TPSA) is 157 Å². The predicted octanol–water partition coefficient (Wildman–Crippen LogP) is 5.22. The number of alkyl halides is 3. The summed E-state index contributed by atoms with van der Waals surface area (Å²) >= 11 is 0. The van der Waals surface area contributed by atoms with Gasteiger partial charge in [0.05, 0.1) is 16.7 Å². The Balaban J connectivity index is 1.75. The fraction of sp³-hybridized carbons (Fsp3) is 0.250. The number of rotatable bonds is 10. The predicted molar refractivity (Wildman–Crippen MR) is 161 cm³/mol. The number of ether oxygens (including phenoxy) is 1. The van der Waals surface area contributed by atoms with Crippen molar-refractivity contribution in [1.82, 2.24) is 4.90 Å². The van der Waals surface area contributed by atoms with Crippen molar-refractivity contribution < 1.29 is 42.5 Å². The van der Waals surface area contributed by atoms with E-state index >= 15 is 0 Å². The molecule has 1 aliphatic rings. The number of carbonyl (C=O) groups excluding carboxylic acids is 1.